The first-order valence-corrected chi connectivity index (χ1v) is 12.4. The standard InChI is InChI=1S/C28H28N2O2/c31-27-23(21-13-17-5-1-9-29-10-2-6-18(14-21)25(17)29)28(32)24(27)22-15-19-7-3-11-30-12-4-8-20(16-22)26(19)30/h13-16H,1-12H2/p+1. The highest BCUT2D eigenvalue weighted by Gasteiger charge is 2.37. The summed E-state index contributed by atoms with van der Waals surface area (Å²) in [6.07, 6.45) is 8.93. The van der Waals surface area contributed by atoms with Crippen molar-refractivity contribution in [1.82, 2.24) is 4.58 Å². The molecule has 0 saturated heterocycles. The van der Waals surface area contributed by atoms with Crippen molar-refractivity contribution in [2.75, 3.05) is 31.1 Å². The Morgan fingerprint density at radius 1 is 0.750 bits per heavy atom. The van der Waals surface area contributed by atoms with Crippen LogP contribution in [-0.2, 0) is 30.5 Å². The highest BCUT2D eigenvalue weighted by molar-refractivity contribution is 6.51. The lowest BCUT2D eigenvalue weighted by Crippen LogP contribution is -2.44. The summed E-state index contributed by atoms with van der Waals surface area (Å²) in [5.41, 5.74) is 8.77. The first-order chi connectivity index (χ1) is 15.7. The normalized spacial score (nSPS) is 21.4. The number of benzene rings is 2. The summed E-state index contributed by atoms with van der Waals surface area (Å²) in [4.78, 5) is 15.9. The molecule has 1 N–H and O–H groups in total. The topological polar surface area (TPSA) is 43.6 Å². The van der Waals surface area contributed by atoms with E-state index in [1.54, 1.807) is 0 Å². The molecule has 4 nitrogen and oxygen atoms in total. The fourth-order valence-electron chi connectivity index (χ4n) is 6.83. The van der Waals surface area contributed by atoms with E-state index < -0.39 is 0 Å². The number of ketones is 1. The van der Waals surface area contributed by atoms with Crippen LogP contribution in [0.4, 0.5) is 5.69 Å². The number of hydrogen-bond acceptors (Lipinski definition) is 3. The zero-order chi connectivity index (χ0) is 21.4. The molecule has 162 valence electrons. The Kier molecular flexibility index (Phi) is 3.97. The van der Waals surface area contributed by atoms with E-state index in [0.29, 0.717) is 11.1 Å². The highest BCUT2D eigenvalue weighted by atomic mass is 16.3. The minimum atomic E-state index is 0.00810. The van der Waals surface area contributed by atoms with Crippen molar-refractivity contribution in [1.29, 1.82) is 0 Å². The second-order valence-electron chi connectivity index (χ2n) is 10.1. The molecule has 0 bridgehead atoms. The number of hydrogen-bond donors (Lipinski definition) is 1. The van der Waals surface area contributed by atoms with Gasteiger partial charge in [0.2, 0.25) is 11.1 Å². The van der Waals surface area contributed by atoms with Gasteiger partial charge in [-0.05, 0) is 84.7 Å². The molecule has 2 aromatic rings. The highest BCUT2D eigenvalue weighted by Crippen LogP contribution is 2.42. The van der Waals surface area contributed by atoms with Crippen LogP contribution in [0.5, 0.6) is 0 Å². The van der Waals surface area contributed by atoms with Crippen LogP contribution in [0, 0.1) is 0 Å². The molecule has 0 amide bonds. The molecular formula is C28H29N2O2+. The van der Waals surface area contributed by atoms with E-state index in [1.807, 2.05) is 0 Å². The van der Waals surface area contributed by atoms with Gasteiger partial charge in [-0.2, -0.15) is 0 Å². The van der Waals surface area contributed by atoms with Crippen molar-refractivity contribution in [3.63, 3.8) is 0 Å². The van der Waals surface area contributed by atoms with E-state index in [2.05, 4.69) is 33.7 Å². The van der Waals surface area contributed by atoms with Gasteiger partial charge in [0.1, 0.15) is 18.8 Å². The van der Waals surface area contributed by atoms with Crippen molar-refractivity contribution in [3.05, 3.63) is 68.4 Å². The second kappa shape index (κ2) is 6.81. The summed E-state index contributed by atoms with van der Waals surface area (Å²) in [5.74, 6) is 0.204. The molecule has 0 saturated carbocycles. The number of aliphatic hydroxyl groups excluding tert-OH is 1. The average molecular weight is 426 g/mol. The Hall–Kier alpha value is -2.88. The molecule has 5 aliphatic rings. The molecule has 0 atom stereocenters. The summed E-state index contributed by atoms with van der Waals surface area (Å²) in [7, 11) is 0. The number of rotatable bonds is 1. The van der Waals surface area contributed by atoms with Crippen LogP contribution in [0.3, 0.4) is 0 Å². The minimum absolute atomic E-state index is 0.00810. The van der Waals surface area contributed by atoms with Gasteiger partial charge in [-0.1, -0.05) is 0 Å². The lowest BCUT2D eigenvalue weighted by Gasteiger charge is -2.37. The number of anilines is 1. The molecule has 4 aliphatic heterocycles. The summed E-state index contributed by atoms with van der Waals surface area (Å²) in [6.45, 7) is 4.56. The maximum atomic E-state index is 13.4. The Morgan fingerprint density at radius 3 is 1.94 bits per heavy atom. The third-order valence-electron chi connectivity index (χ3n) is 8.17. The molecule has 32 heavy (non-hydrogen) atoms. The molecule has 0 spiro atoms. The Bertz CT molecular complexity index is 1290. The zero-order valence-electron chi connectivity index (χ0n) is 18.5. The first kappa shape index (κ1) is 18.7. The minimum Gasteiger partial charge on any atom is -0.506 e. The lowest BCUT2D eigenvalue weighted by atomic mass is 9.79. The summed E-state index contributed by atoms with van der Waals surface area (Å²) >= 11 is 0. The van der Waals surface area contributed by atoms with Gasteiger partial charge in [0, 0.05) is 42.7 Å². The van der Waals surface area contributed by atoms with Crippen molar-refractivity contribution < 1.29 is 9.90 Å². The summed E-state index contributed by atoms with van der Waals surface area (Å²) < 4.78 is 2.51. The first-order valence-electron chi connectivity index (χ1n) is 12.4. The van der Waals surface area contributed by atoms with E-state index in [4.69, 9.17) is 0 Å². The predicted octanol–water partition coefficient (Wildman–Crippen LogP) is 2.47. The molecule has 2 aromatic carbocycles. The second-order valence-corrected chi connectivity index (χ2v) is 10.1. The van der Waals surface area contributed by atoms with Crippen LogP contribution >= 0.6 is 0 Å². The van der Waals surface area contributed by atoms with Gasteiger partial charge in [-0.3, -0.25) is 4.79 Å². The molecule has 1 aliphatic carbocycles. The number of carbonyl (C=O) groups excluding carboxylic acids is 1. The van der Waals surface area contributed by atoms with Gasteiger partial charge in [0.05, 0.1) is 11.1 Å². The van der Waals surface area contributed by atoms with E-state index in [1.165, 1.54) is 59.0 Å². The molecule has 4 heterocycles. The maximum Gasteiger partial charge on any atom is 0.206 e. The maximum absolute atomic E-state index is 13.4. The van der Waals surface area contributed by atoms with Gasteiger partial charge in [0.15, 0.2) is 0 Å². The fraction of sp³-hybridized carbons (Fsp3) is 0.429. The molecule has 0 radical (unpaired) electrons. The van der Waals surface area contributed by atoms with Crippen LogP contribution in [0.2, 0.25) is 0 Å². The number of nitrogens with zero attached hydrogens (tertiary/aromatic N) is 2. The molecule has 0 aromatic heterocycles. The monoisotopic (exact) mass is 425 g/mol. The van der Waals surface area contributed by atoms with Gasteiger partial charge in [0.25, 0.3) is 0 Å². The van der Waals surface area contributed by atoms with E-state index >= 15 is 0 Å². The smallest absolute Gasteiger partial charge is 0.206 e. The van der Waals surface area contributed by atoms with Gasteiger partial charge < -0.3 is 10.0 Å². The molecule has 7 rings (SSSR count). The van der Waals surface area contributed by atoms with Crippen LogP contribution in [0.25, 0.3) is 11.1 Å². The summed E-state index contributed by atoms with van der Waals surface area (Å²) in [6, 6.07) is 8.69. The molecular weight excluding hydrogens is 396 g/mol. The van der Waals surface area contributed by atoms with Crippen LogP contribution in [-0.4, -0.2) is 37.1 Å². The number of Topliss-reactive ketones (excluding diaryl/α,β-unsaturated/α-hetero) is 1. The van der Waals surface area contributed by atoms with Gasteiger partial charge in [-0.15, -0.1) is 0 Å². The Labute approximate surface area is 188 Å². The lowest BCUT2D eigenvalue weighted by molar-refractivity contribution is -0.109. The zero-order valence-corrected chi connectivity index (χ0v) is 18.5. The molecule has 4 heteroatoms. The van der Waals surface area contributed by atoms with Crippen LogP contribution in [0.15, 0.2) is 30.0 Å². The van der Waals surface area contributed by atoms with E-state index in [9.17, 15) is 9.90 Å². The van der Waals surface area contributed by atoms with Crippen LogP contribution in [0.1, 0.15) is 53.5 Å². The van der Waals surface area contributed by atoms with Crippen molar-refractivity contribution in [3.8, 4) is 0 Å². The van der Waals surface area contributed by atoms with Gasteiger partial charge in [-0.25, -0.2) is 4.58 Å². The van der Waals surface area contributed by atoms with E-state index in [0.717, 1.165) is 62.6 Å². The Morgan fingerprint density at radius 2 is 1.34 bits per heavy atom. The number of carbonyl (C=O) groups is 1. The Balaban J connectivity index is 1.39. The predicted molar refractivity (Wildman–Crippen MR) is 127 cm³/mol. The number of allylic oxidation sites excluding steroid dienone is 2. The number of aryl methyl sites for hydroxylation is 4. The molecule has 0 fully saturated rings. The van der Waals surface area contributed by atoms with Crippen molar-refractivity contribution in [2.45, 2.75) is 51.4 Å². The SMILES string of the molecule is O=C1C(c2cc3c4c(c2)CCCN4CCC3)=C(O)C1=c1cc2c3c(c1)CCC[N+]=3CCC2. The van der Waals surface area contributed by atoms with Crippen molar-refractivity contribution in [2.24, 2.45) is 0 Å². The van der Waals surface area contributed by atoms with Gasteiger partial charge >= 0.3 is 0 Å². The largest absolute Gasteiger partial charge is 0.506 e. The number of aliphatic hydroxyl groups is 1. The van der Waals surface area contributed by atoms with Crippen LogP contribution < -0.4 is 20.1 Å². The molecule has 0 unspecified atom stereocenters. The quantitative estimate of drug-likeness (QED) is 0.714. The third-order valence-corrected chi connectivity index (χ3v) is 8.17. The third kappa shape index (κ3) is 2.55. The average Bonchev–Trinajstić information content (AvgIpc) is 2.80. The van der Waals surface area contributed by atoms with Crippen molar-refractivity contribution >= 4 is 22.6 Å². The fourth-order valence-corrected chi connectivity index (χ4v) is 6.83. The summed E-state index contributed by atoms with van der Waals surface area (Å²) in [5, 5.41) is 13.4. The van der Waals surface area contributed by atoms with E-state index in [-0.39, 0.29) is 11.5 Å².